The number of nitrogens with zero attached hydrogens (tertiary/aromatic N) is 1. The van der Waals surface area contributed by atoms with Crippen LogP contribution in [0.2, 0.25) is 5.02 Å². The zero-order valence-corrected chi connectivity index (χ0v) is 24.6. The van der Waals surface area contributed by atoms with Gasteiger partial charge < -0.3 is 15.0 Å². The van der Waals surface area contributed by atoms with Crippen molar-refractivity contribution in [3.8, 4) is 5.75 Å². The molecule has 1 N–H and O–H groups in total. The molecule has 6 rings (SSSR count). The fourth-order valence-corrected chi connectivity index (χ4v) is 6.61. The van der Waals surface area contributed by atoms with Gasteiger partial charge in [0.1, 0.15) is 11.6 Å². The Morgan fingerprint density at radius 3 is 2.66 bits per heavy atom. The first-order chi connectivity index (χ1) is 19.9. The zero-order chi connectivity index (χ0) is 28.5. The summed E-state index contributed by atoms with van der Waals surface area (Å²) in [6.45, 7) is 7.30. The highest BCUT2D eigenvalue weighted by Crippen LogP contribution is 2.46. The highest BCUT2D eigenvalue weighted by Gasteiger charge is 2.44. The van der Waals surface area contributed by atoms with Gasteiger partial charge in [-0.15, -0.1) is 0 Å². The SMILES string of the molecule is Cc1cccc(CN(C(=O)C2=C(c3ccc(CCCOc4cc(F)ccc4Cl)cc3)C[C@H]3CNC[C@@H]23)C2CC2)c1C. The molecule has 2 fully saturated rings. The molecule has 6 heteroatoms. The molecule has 0 radical (unpaired) electrons. The Labute approximate surface area is 247 Å². The number of halogens is 2. The summed E-state index contributed by atoms with van der Waals surface area (Å²) < 4.78 is 19.2. The number of carbonyl (C=O) groups is 1. The molecule has 1 saturated heterocycles. The minimum Gasteiger partial charge on any atom is -0.492 e. The fourth-order valence-electron chi connectivity index (χ4n) is 6.44. The van der Waals surface area contributed by atoms with Crippen LogP contribution in [0.15, 0.2) is 66.2 Å². The molecule has 0 bridgehead atoms. The quantitative estimate of drug-likeness (QED) is 0.259. The summed E-state index contributed by atoms with van der Waals surface area (Å²) in [7, 11) is 0. The van der Waals surface area contributed by atoms with E-state index in [0.717, 1.165) is 56.3 Å². The normalized spacial score (nSPS) is 19.9. The second-order valence-corrected chi connectivity index (χ2v) is 12.3. The highest BCUT2D eigenvalue weighted by atomic mass is 35.5. The van der Waals surface area contributed by atoms with Crippen molar-refractivity contribution >= 4 is 23.1 Å². The monoisotopic (exact) mass is 572 g/mol. The molecule has 1 heterocycles. The van der Waals surface area contributed by atoms with Gasteiger partial charge >= 0.3 is 0 Å². The first kappa shape index (κ1) is 28.0. The number of allylic oxidation sites excluding steroid dienone is 1. The first-order valence-electron chi connectivity index (χ1n) is 14.9. The van der Waals surface area contributed by atoms with E-state index in [1.807, 2.05) is 0 Å². The lowest BCUT2D eigenvalue weighted by molar-refractivity contribution is -0.128. The third-order valence-electron chi connectivity index (χ3n) is 9.10. The lowest BCUT2D eigenvalue weighted by Crippen LogP contribution is -2.36. The maximum absolute atomic E-state index is 14.4. The molecule has 1 aliphatic heterocycles. The number of nitrogens with one attached hydrogen (secondary N) is 1. The van der Waals surface area contributed by atoms with Gasteiger partial charge in [-0.1, -0.05) is 54.1 Å². The van der Waals surface area contributed by atoms with Crippen LogP contribution in [0.1, 0.15) is 53.5 Å². The standard InChI is InChI=1S/C35H38ClFN2O2/c1-22-5-3-7-26(23(22)2)21-39(29-13-14-29)35(40)34-30(17-27-19-38-20-31(27)34)25-10-8-24(9-11-25)6-4-16-41-33-18-28(37)12-15-32(33)36/h3,5,7-12,15,18,27,29,31,38H,4,6,13-14,16-17,19-21H2,1-2H3/t27-,31+/m0/s1. The number of aryl methyl sites for hydroxylation is 2. The molecular formula is C35H38ClFN2O2. The van der Waals surface area contributed by atoms with Crippen molar-refractivity contribution in [1.82, 2.24) is 10.2 Å². The molecule has 0 aromatic heterocycles. The average Bonchev–Trinajstić information content (AvgIpc) is 3.60. The van der Waals surface area contributed by atoms with Gasteiger partial charge in [-0.05, 0) is 104 Å². The molecule has 2 aliphatic carbocycles. The number of ether oxygens (including phenoxy) is 1. The van der Waals surface area contributed by atoms with Gasteiger partial charge in [0, 0.05) is 36.7 Å². The molecule has 3 aromatic carbocycles. The van der Waals surface area contributed by atoms with Gasteiger partial charge in [0.15, 0.2) is 0 Å². The van der Waals surface area contributed by atoms with Crippen LogP contribution in [0.4, 0.5) is 4.39 Å². The number of fused-ring (bicyclic) bond motifs is 1. The van der Waals surface area contributed by atoms with Gasteiger partial charge in [-0.3, -0.25) is 4.79 Å². The molecule has 41 heavy (non-hydrogen) atoms. The van der Waals surface area contributed by atoms with E-state index in [4.69, 9.17) is 16.3 Å². The number of hydrogen-bond acceptors (Lipinski definition) is 3. The zero-order valence-electron chi connectivity index (χ0n) is 23.9. The molecule has 214 valence electrons. The second kappa shape index (κ2) is 12.0. The predicted octanol–water partition coefficient (Wildman–Crippen LogP) is 7.29. The predicted molar refractivity (Wildman–Crippen MR) is 163 cm³/mol. The number of amides is 1. The van der Waals surface area contributed by atoms with Gasteiger partial charge in [0.2, 0.25) is 0 Å². The Morgan fingerprint density at radius 2 is 1.88 bits per heavy atom. The van der Waals surface area contributed by atoms with Crippen molar-refractivity contribution in [2.24, 2.45) is 11.8 Å². The van der Waals surface area contributed by atoms with Crippen LogP contribution in [0.5, 0.6) is 5.75 Å². The van der Waals surface area contributed by atoms with Crippen LogP contribution >= 0.6 is 11.6 Å². The van der Waals surface area contributed by atoms with Crippen molar-refractivity contribution in [3.63, 3.8) is 0 Å². The number of rotatable bonds is 10. The molecule has 4 nitrogen and oxygen atoms in total. The van der Waals surface area contributed by atoms with E-state index in [-0.39, 0.29) is 17.6 Å². The molecule has 1 saturated carbocycles. The van der Waals surface area contributed by atoms with Crippen LogP contribution in [0.3, 0.4) is 0 Å². The van der Waals surface area contributed by atoms with Crippen molar-refractivity contribution in [3.05, 3.63) is 105 Å². The minimum absolute atomic E-state index is 0.233. The van der Waals surface area contributed by atoms with Crippen molar-refractivity contribution in [1.29, 1.82) is 0 Å². The van der Waals surface area contributed by atoms with Crippen molar-refractivity contribution < 1.29 is 13.9 Å². The molecule has 0 unspecified atom stereocenters. The minimum atomic E-state index is -0.357. The van der Waals surface area contributed by atoms with Crippen LogP contribution in [0.25, 0.3) is 5.57 Å². The van der Waals surface area contributed by atoms with Crippen LogP contribution in [0, 0.1) is 31.5 Å². The van der Waals surface area contributed by atoms with E-state index in [1.165, 1.54) is 46.0 Å². The summed E-state index contributed by atoms with van der Waals surface area (Å²) in [6, 6.07) is 19.6. The van der Waals surface area contributed by atoms with E-state index in [2.05, 4.69) is 66.5 Å². The third kappa shape index (κ3) is 6.07. The fraction of sp³-hybridized carbons (Fsp3) is 0.400. The molecule has 0 spiro atoms. The summed E-state index contributed by atoms with van der Waals surface area (Å²) in [5, 5.41) is 3.96. The Balaban J connectivity index is 1.18. The van der Waals surface area contributed by atoms with Crippen molar-refractivity contribution in [2.75, 3.05) is 19.7 Å². The summed E-state index contributed by atoms with van der Waals surface area (Å²) in [5.74, 6) is 1.02. The molecule has 2 atom stereocenters. The van der Waals surface area contributed by atoms with E-state index in [0.29, 0.717) is 35.9 Å². The summed E-state index contributed by atoms with van der Waals surface area (Å²) in [6.07, 6.45) is 4.77. The highest BCUT2D eigenvalue weighted by molar-refractivity contribution is 6.32. The van der Waals surface area contributed by atoms with Gasteiger partial charge in [0.25, 0.3) is 5.91 Å². The topological polar surface area (TPSA) is 41.6 Å². The summed E-state index contributed by atoms with van der Waals surface area (Å²) in [4.78, 5) is 16.5. The van der Waals surface area contributed by atoms with E-state index in [1.54, 1.807) is 0 Å². The van der Waals surface area contributed by atoms with Crippen LogP contribution in [-0.2, 0) is 17.8 Å². The summed E-state index contributed by atoms with van der Waals surface area (Å²) >= 11 is 6.11. The number of benzene rings is 3. The lowest BCUT2D eigenvalue weighted by Gasteiger charge is -2.27. The van der Waals surface area contributed by atoms with E-state index < -0.39 is 0 Å². The Morgan fingerprint density at radius 1 is 1.07 bits per heavy atom. The maximum atomic E-state index is 14.4. The Kier molecular flexibility index (Phi) is 8.19. The van der Waals surface area contributed by atoms with Crippen LogP contribution < -0.4 is 10.1 Å². The van der Waals surface area contributed by atoms with Gasteiger partial charge in [0.05, 0.1) is 11.6 Å². The molecule has 3 aliphatic rings. The van der Waals surface area contributed by atoms with E-state index in [9.17, 15) is 9.18 Å². The molecule has 3 aromatic rings. The van der Waals surface area contributed by atoms with Gasteiger partial charge in [-0.2, -0.15) is 0 Å². The third-order valence-corrected chi connectivity index (χ3v) is 9.41. The Bertz CT molecular complexity index is 1460. The smallest absolute Gasteiger partial charge is 0.250 e. The van der Waals surface area contributed by atoms with Crippen LogP contribution in [-0.4, -0.2) is 36.5 Å². The van der Waals surface area contributed by atoms with E-state index >= 15 is 0 Å². The lowest BCUT2D eigenvalue weighted by atomic mass is 9.93. The second-order valence-electron chi connectivity index (χ2n) is 11.9. The summed E-state index contributed by atoms with van der Waals surface area (Å²) in [5.41, 5.74) is 8.45. The van der Waals surface area contributed by atoms with Crippen molar-refractivity contribution in [2.45, 2.75) is 58.5 Å². The first-order valence-corrected chi connectivity index (χ1v) is 15.2. The molecule has 1 amide bonds. The Hall–Kier alpha value is -3.15. The number of carbonyl (C=O) groups excluding carboxylic acids is 1. The maximum Gasteiger partial charge on any atom is 0.250 e. The average molecular weight is 573 g/mol. The number of hydrogen-bond donors (Lipinski definition) is 1. The molecular weight excluding hydrogens is 535 g/mol. The van der Waals surface area contributed by atoms with Gasteiger partial charge in [-0.25, -0.2) is 4.39 Å². The largest absolute Gasteiger partial charge is 0.492 e.